The van der Waals surface area contributed by atoms with Gasteiger partial charge in [-0.3, -0.25) is 0 Å². The molecule has 0 fully saturated rings. The van der Waals surface area contributed by atoms with E-state index in [0.29, 0.717) is 0 Å². The van der Waals surface area contributed by atoms with Crippen molar-refractivity contribution in [2.24, 2.45) is 0 Å². The fourth-order valence-corrected chi connectivity index (χ4v) is 3.20. The number of fused-ring (bicyclic) bond motifs is 1. The van der Waals surface area contributed by atoms with E-state index in [-0.39, 0.29) is 0 Å². The lowest BCUT2D eigenvalue weighted by Crippen LogP contribution is -1.85. The van der Waals surface area contributed by atoms with E-state index in [1.165, 1.54) is 26.8 Å². The summed E-state index contributed by atoms with van der Waals surface area (Å²) in [5.41, 5.74) is 2.76. The van der Waals surface area contributed by atoms with Crippen molar-refractivity contribution in [3.63, 3.8) is 0 Å². The molecule has 0 heterocycles. The molecule has 3 aromatic carbocycles. The van der Waals surface area contributed by atoms with E-state index < -0.39 is 0 Å². The third kappa shape index (κ3) is 2.82. The molecule has 94 valence electrons. The van der Waals surface area contributed by atoms with Crippen molar-refractivity contribution in [2.75, 3.05) is 0 Å². The van der Waals surface area contributed by atoms with E-state index in [1.54, 1.807) is 0 Å². The van der Waals surface area contributed by atoms with Gasteiger partial charge in [-0.05, 0) is 41.0 Å². The van der Waals surface area contributed by atoms with Crippen LogP contribution in [0.1, 0.15) is 11.1 Å². The minimum absolute atomic E-state index is 1.02. The van der Waals surface area contributed by atoms with Crippen LogP contribution < -0.4 is 0 Å². The molecule has 1 heteroatoms. The lowest BCUT2D eigenvalue weighted by atomic mass is 10.0. The quantitative estimate of drug-likeness (QED) is 0.567. The fraction of sp³-hybridized carbons (Fsp3) is 0.111. The first kappa shape index (κ1) is 12.3. The van der Waals surface area contributed by atoms with Gasteiger partial charge in [0.1, 0.15) is 0 Å². The Morgan fingerprint density at radius 1 is 0.842 bits per heavy atom. The van der Waals surface area contributed by atoms with Gasteiger partial charge >= 0.3 is 0 Å². The maximum Gasteiger partial charge on any atom is 0.0232 e. The molecule has 0 radical (unpaired) electrons. The van der Waals surface area contributed by atoms with Gasteiger partial charge in [-0.15, -0.1) is 11.8 Å². The van der Waals surface area contributed by atoms with Crippen molar-refractivity contribution in [1.29, 1.82) is 0 Å². The summed E-state index contributed by atoms with van der Waals surface area (Å²) >= 11 is 1.89. The lowest BCUT2D eigenvalue weighted by Gasteiger charge is -2.07. The second kappa shape index (κ2) is 5.50. The van der Waals surface area contributed by atoms with Crippen molar-refractivity contribution in [2.45, 2.75) is 17.6 Å². The molecular weight excluding hydrogens is 248 g/mol. The Kier molecular flexibility index (Phi) is 3.56. The van der Waals surface area contributed by atoms with Gasteiger partial charge in [0.15, 0.2) is 0 Å². The predicted molar refractivity (Wildman–Crippen MR) is 84.7 cm³/mol. The highest BCUT2D eigenvalue weighted by atomic mass is 32.2. The number of hydrogen-bond acceptors (Lipinski definition) is 1. The first-order valence-corrected chi connectivity index (χ1v) is 7.47. The maximum absolute atomic E-state index is 2.30. The van der Waals surface area contributed by atoms with Crippen molar-refractivity contribution in [1.82, 2.24) is 0 Å². The fourth-order valence-electron chi connectivity index (χ4n) is 2.35. The Bertz CT molecular complexity index is 686. The van der Waals surface area contributed by atoms with Crippen LogP contribution in [-0.4, -0.2) is 0 Å². The van der Waals surface area contributed by atoms with Crippen LogP contribution in [0.5, 0.6) is 0 Å². The zero-order chi connectivity index (χ0) is 13.1. The number of benzene rings is 3. The Morgan fingerprint density at radius 2 is 1.58 bits per heavy atom. The Morgan fingerprint density at radius 3 is 2.42 bits per heavy atom. The molecule has 0 N–H and O–H groups in total. The van der Waals surface area contributed by atoms with Crippen LogP contribution in [0, 0.1) is 6.92 Å². The highest BCUT2D eigenvalue weighted by Crippen LogP contribution is 2.26. The standard InChI is InChI=1S/C18H16S/c1-14-11-15(12-16-7-5-6-10-18(14)16)13-19-17-8-3-2-4-9-17/h2-12H,13H2,1H3. The smallest absolute Gasteiger partial charge is 0.0232 e. The van der Waals surface area contributed by atoms with E-state index in [9.17, 15) is 0 Å². The summed E-state index contributed by atoms with van der Waals surface area (Å²) in [6.45, 7) is 2.19. The van der Waals surface area contributed by atoms with Crippen LogP contribution in [0.15, 0.2) is 71.6 Å². The summed E-state index contributed by atoms with van der Waals surface area (Å²) in [7, 11) is 0. The topological polar surface area (TPSA) is 0 Å². The predicted octanol–water partition coefficient (Wildman–Crippen LogP) is 5.44. The molecule has 3 aromatic rings. The zero-order valence-electron chi connectivity index (χ0n) is 11.0. The average molecular weight is 264 g/mol. The molecule has 0 aromatic heterocycles. The summed E-state index contributed by atoms with van der Waals surface area (Å²) in [6.07, 6.45) is 0. The highest BCUT2D eigenvalue weighted by molar-refractivity contribution is 7.98. The first-order valence-electron chi connectivity index (χ1n) is 6.49. The SMILES string of the molecule is Cc1cc(CSc2ccccc2)cc2ccccc12. The Balaban J connectivity index is 1.85. The number of hydrogen-bond donors (Lipinski definition) is 0. The van der Waals surface area contributed by atoms with Crippen molar-refractivity contribution < 1.29 is 0 Å². The molecule has 3 rings (SSSR count). The van der Waals surface area contributed by atoms with Gasteiger partial charge < -0.3 is 0 Å². The van der Waals surface area contributed by atoms with Gasteiger partial charge in [0.2, 0.25) is 0 Å². The van der Waals surface area contributed by atoms with E-state index in [4.69, 9.17) is 0 Å². The minimum Gasteiger partial charge on any atom is -0.121 e. The summed E-state index contributed by atoms with van der Waals surface area (Å²) in [6, 6.07) is 23.8. The van der Waals surface area contributed by atoms with Crippen LogP contribution in [0.2, 0.25) is 0 Å². The molecule has 0 nitrogen and oxygen atoms in total. The molecule has 0 bridgehead atoms. The molecular formula is C18H16S. The van der Waals surface area contributed by atoms with Gasteiger partial charge in [-0.1, -0.05) is 54.6 Å². The first-order chi connectivity index (χ1) is 9.33. The van der Waals surface area contributed by atoms with Crippen LogP contribution in [0.25, 0.3) is 10.8 Å². The number of aryl methyl sites for hydroxylation is 1. The van der Waals surface area contributed by atoms with E-state index in [2.05, 4.69) is 73.7 Å². The Hall–Kier alpha value is -1.73. The second-order valence-corrected chi connectivity index (χ2v) is 5.78. The molecule has 0 aliphatic carbocycles. The van der Waals surface area contributed by atoms with Crippen LogP contribution in [0.4, 0.5) is 0 Å². The van der Waals surface area contributed by atoms with Crippen molar-refractivity contribution in [3.8, 4) is 0 Å². The molecule has 0 atom stereocenters. The lowest BCUT2D eigenvalue weighted by molar-refractivity contribution is 1.37. The van der Waals surface area contributed by atoms with Gasteiger partial charge in [0.05, 0.1) is 0 Å². The zero-order valence-corrected chi connectivity index (χ0v) is 11.8. The minimum atomic E-state index is 1.02. The molecule has 0 unspecified atom stereocenters. The third-order valence-electron chi connectivity index (χ3n) is 3.28. The van der Waals surface area contributed by atoms with Crippen molar-refractivity contribution in [3.05, 3.63) is 77.9 Å². The largest absolute Gasteiger partial charge is 0.121 e. The monoisotopic (exact) mass is 264 g/mol. The van der Waals surface area contributed by atoms with Gasteiger partial charge in [0.25, 0.3) is 0 Å². The number of thioether (sulfide) groups is 1. The van der Waals surface area contributed by atoms with Crippen molar-refractivity contribution >= 4 is 22.5 Å². The highest BCUT2D eigenvalue weighted by Gasteiger charge is 2.01. The normalized spacial score (nSPS) is 10.8. The maximum atomic E-state index is 2.30. The third-order valence-corrected chi connectivity index (χ3v) is 4.36. The number of rotatable bonds is 3. The van der Waals surface area contributed by atoms with Crippen LogP contribution in [-0.2, 0) is 5.75 Å². The summed E-state index contributed by atoms with van der Waals surface area (Å²) < 4.78 is 0. The molecule has 0 saturated heterocycles. The molecule has 0 saturated carbocycles. The van der Waals surface area contributed by atoms with E-state index in [0.717, 1.165) is 5.75 Å². The van der Waals surface area contributed by atoms with Gasteiger partial charge in [0, 0.05) is 10.6 Å². The molecule has 19 heavy (non-hydrogen) atoms. The molecule has 0 amide bonds. The van der Waals surface area contributed by atoms with Gasteiger partial charge in [-0.2, -0.15) is 0 Å². The van der Waals surface area contributed by atoms with E-state index >= 15 is 0 Å². The average Bonchev–Trinajstić information content (AvgIpc) is 2.46. The van der Waals surface area contributed by atoms with E-state index in [1.807, 2.05) is 11.8 Å². The van der Waals surface area contributed by atoms with Gasteiger partial charge in [-0.25, -0.2) is 0 Å². The molecule has 0 spiro atoms. The molecule has 0 aliphatic rings. The summed E-state index contributed by atoms with van der Waals surface area (Å²) in [5, 5.41) is 2.70. The molecule has 0 aliphatic heterocycles. The summed E-state index contributed by atoms with van der Waals surface area (Å²) in [5.74, 6) is 1.02. The second-order valence-electron chi connectivity index (χ2n) is 4.74. The van der Waals surface area contributed by atoms with Crippen LogP contribution in [0.3, 0.4) is 0 Å². The summed E-state index contributed by atoms with van der Waals surface area (Å²) in [4.78, 5) is 1.33. The van der Waals surface area contributed by atoms with Crippen LogP contribution >= 0.6 is 11.8 Å². The Labute approximate surface area is 118 Å².